The summed E-state index contributed by atoms with van der Waals surface area (Å²) in [5, 5.41) is 0. The first-order valence-corrected chi connectivity index (χ1v) is 8.04. The van der Waals surface area contributed by atoms with Crippen molar-refractivity contribution in [2.75, 3.05) is 6.61 Å². The average molecular weight is 319 g/mol. The number of rotatable bonds is 5. The summed E-state index contributed by atoms with van der Waals surface area (Å²) in [6.45, 7) is 6.00. The van der Waals surface area contributed by atoms with Crippen LogP contribution in [0, 0.1) is 20.8 Å². The highest BCUT2D eigenvalue weighted by Crippen LogP contribution is 2.22. The molecule has 3 rings (SSSR count). The van der Waals surface area contributed by atoms with Gasteiger partial charge in [-0.05, 0) is 50.6 Å². The van der Waals surface area contributed by atoms with Crippen LogP contribution in [-0.2, 0) is 0 Å². The summed E-state index contributed by atoms with van der Waals surface area (Å²) in [7, 11) is 0. The van der Waals surface area contributed by atoms with E-state index in [1.54, 1.807) is 0 Å². The van der Waals surface area contributed by atoms with Crippen LogP contribution in [0.2, 0.25) is 0 Å². The highest BCUT2D eigenvalue weighted by molar-refractivity contribution is 5.98. The molecule has 1 heterocycles. The fourth-order valence-corrected chi connectivity index (χ4v) is 2.96. The number of carbonyl (C=O) groups excluding carboxylic acids is 1. The van der Waals surface area contributed by atoms with Crippen molar-refractivity contribution in [3.63, 3.8) is 0 Å². The Morgan fingerprint density at radius 1 is 0.958 bits per heavy atom. The van der Waals surface area contributed by atoms with Gasteiger partial charge >= 0.3 is 0 Å². The Morgan fingerprint density at radius 3 is 2.33 bits per heavy atom. The van der Waals surface area contributed by atoms with Gasteiger partial charge in [0.1, 0.15) is 5.75 Å². The number of benzene rings is 2. The number of ketones is 1. The smallest absolute Gasteiger partial charge is 0.202 e. The largest absolute Gasteiger partial charge is 0.485 e. The van der Waals surface area contributed by atoms with Crippen molar-refractivity contribution in [1.82, 2.24) is 4.57 Å². The minimum atomic E-state index is -0.00599. The lowest BCUT2D eigenvalue weighted by molar-refractivity contribution is 0.0920. The van der Waals surface area contributed by atoms with Crippen molar-refractivity contribution >= 4 is 5.78 Å². The summed E-state index contributed by atoms with van der Waals surface area (Å²) in [5.41, 5.74) is 4.78. The van der Waals surface area contributed by atoms with E-state index < -0.39 is 0 Å². The summed E-state index contributed by atoms with van der Waals surface area (Å²) in [4.78, 5) is 12.6. The summed E-state index contributed by atoms with van der Waals surface area (Å²) in [5.74, 6) is 0.747. The lowest BCUT2D eigenvalue weighted by Gasteiger charge is -2.10. The molecule has 0 unspecified atom stereocenters. The first-order chi connectivity index (χ1) is 11.6. The molecule has 0 radical (unpaired) electrons. The zero-order chi connectivity index (χ0) is 17.1. The molecule has 2 aromatic carbocycles. The second-order valence-corrected chi connectivity index (χ2v) is 5.93. The molecule has 3 heteroatoms. The maximum Gasteiger partial charge on any atom is 0.202 e. The monoisotopic (exact) mass is 319 g/mol. The number of ether oxygens (including phenoxy) is 1. The Morgan fingerprint density at radius 2 is 1.62 bits per heavy atom. The van der Waals surface area contributed by atoms with Crippen molar-refractivity contribution in [3.8, 4) is 11.4 Å². The van der Waals surface area contributed by atoms with Crippen molar-refractivity contribution in [1.29, 1.82) is 0 Å². The van der Waals surface area contributed by atoms with Crippen LogP contribution in [0.15, 0.2) is 60.7 Å². The van der Waals surface area contributed by atoms with Crippen LogP contribution in [0.4, 0.5) is 0 Å². The second-order valence-electron chi connectivity index (χ2n) is 5.93. The van der Waals surface area contributed by atoms with Gasteiger partial charge < -0.3 is 9.30 Å². The van der Waals surface area contributed by atoms with Crippen LogP contribution in [0.1, 0.15) is 27.3 Å². The van der Waals surface area contributed by atoms with Crippen LogP contribution >= 0.6 is 0 Å². The predicted octanol–water partition coefficient (Wildman–Crippen LogP) is 4.66. The average Bonchev–Trinajstić information content (AvgIpc) is 2.89. The molecule has 0 aliphatic carbocycles. The number of nitrogens with zero attached hydrogens (tertiary/aromatic N) is 1. The number of hydrogen-bond acceptors (Lipinski definition) is 2. The summed E-state index contributed by atoms with van der Waals surface area (Å²) < 4.78 is 7.80. The molecule has 0 amide bonds. The van der Waals surface area contributed by atoms with E-state index in [-0.39, 0.29) is 12.4 Å². The Hall–Kier alpha value is -2.81. The second kappa shape index (κ2) is 6.75. The minimum absolute atomic E-state index is 0.00599. The maximum atomic E-state index is 12.6. The predicted molar refractivity (Wildman–Crippen MR) is 96.2 cm³/mol. The van der Waals surface area contributed by atoms with E-state index in [0.29, 0.717) is 5.56 Å². The van der Waals surface area contributed by atoms with Gasteiger partial charge in [-0.2, -0.15) is 0 Å². The lowest BCUT2D eigenvalue weighted by atomic mass is 10.1. The molecule has 0 N–H and O–H groups in total. The fraction of sp³-hybridized carbons (Fsp3) is 0.190. The van der Waals surface area contributed by atoms with Crippen molar-refractivity contribution < 1.29 is 9.53 Å². The van der Waals surface area contributed by atoms with E-state index in [9.17, 15) is 4.79 Å². The third-order valence-electron chi connectivity index (χ3n) is 4.20. The third-order valence-corrected chi connectivity index (χ3v) is 4.20. The standard InChI is InChI=1S/C21H21NO2/c1-15-9-7-8-12-21(15)24-14-20(23)19-13-16(2)22(17(19)3)18-10-5-4-6-11-18/h4-13H,14H2,1-3H3. The molecule has 0 atom stereocenters. The van der Waals surface area contributed by atoms with Crippen LogP contribution < -0.4 is 4.74 Å². The number of para-hydroxylation sites is 2. The van der Waals surface area contributed by atoms with Gasteiger partial charge in [-0.15, -0.1) is 0 Å². The molecular weight excluding hydrogens is 298 g/mol. The first-order valence-electron chi connectivity index (χ1n) is 8.04. The lowest BCUT2D eigenvalue weighted by Crippen LogP contribution is -2.13. The Kier molecular flexibility index (Phi) is 4.52. The Bertz CT molecular complexity index is 863. The van der Waals surface area contributed by atoms with Gasteiger partial charge in [0.25, 0.3) is 0 Å². The van der Waals surface area contributed by atoms with Crippen LogP contribution in [-0.4, -0.2) is 17.0 Å². The molecule has 0 spiro atoms. The molecule has 24 heavy (non-hydrogen) atoms. The van der Waals surface area contributed by atoms with Gasteiger partial charge in [-0.25, -0.2) is 0 Å². The van der Waals surface area contributed by atoms with Crippen LogP contribution in [0.25, 0.3) is 5.69 Å². The Labute approximate surface area is 142 Å². The van der Waals surface area contributed by atoms with Crippen LogP contribution in [0.3, 0.4) is 0 Å². The van der Waals surface area contributed by atoms with Gasteiger partial charge in [0, 0.05) is 22.6 Å². The van der Waals surface area contributed by atoms with Crippen molar-refractivity contribution in [3.05, 3.63) is 83.2 Å². The van der Waals surface area contributed by atoms with Gasteiger partial charge in [-0.3, -0.25) is 4.79 Å². The molecule has 122 valence electrons. The molecule has 1 aromatic heterocycles. The normalized spacial score (nSPS) is 10.6. The summed E-state index contributed by atoms with van der Waals surface area (Å²) in [6.07, 6.45) is 0. The third kappa shape index (κ3) is 3.11. The van der Waals surface area contributed by atoms with E-state index in [0.717, 1.165) is 28.4 Å². The van der Waals surface area contributed by atoms with Gasteiger partial charge in [0.2, 0.25) is 5.78 Å². The van der Waals surface area contributed by atoms with Crippen molar-refractivity contribution in [2.45, 2.75) is 20.8 Å². The summed E-state index contributed by atoms with van der Waals surface area (Å²) >= 11 is 0. The van der Waals surface area contributed by atoms with Crippen molar-refractivity contribution in [2.24, 2.45) is 0 Å². The zero-order valence-corrected chi connectivity index (χ0v) is 14.2. The topological polar surface area (TPSA) is 31.2 Å². The number of aromatic nitrogens is 1. The molecular formula is C21H21NO2. The number of Topliss-reactive ketones (excluding diaryl/α,β-unsaturated/α-hetero) is 1. The highest BCUT2D eigenvalue weighted by Gasteiger charge is 2.17. The molecule has 0 aliphatic rings. The van der Waals surface area contributed by atoms with Crippen LogP contribution in [0.5, 0.6) is 5.75 Å². The van der Waals surface area contributed by atoms with E-state index in [4.69, 9.17) is 4.74 Å². The fourth-order valence-electron chi connectivity index (χ4n) is 2.96. The number of carbonyl (C=O) groups is 1. The quantitative estimate of drug-likeness (QED) is 0.640. The molecule has 3 aromatic rings. The first kappa shape index (κ1) is 16.1. The highest BCUT2D eigenvalue weighted by atomic mass is 16.5. The number of hydrogen-bond donors (Lipinski definition) is 0. The maximum absolute atomic E-state index is 12.6. The molecule has 0 saturated heterocycles. The molecule has 0 fully saturated rings. The van der Waals surface area contributed by atoms with Gasteiger partial charge in [0.15, 0.2) is 6.61 Å². The van der Waals surface area contributed by atoms with E-state index in [1.165, 1.54) is 0 Å². The molecule has 3 nitrogen and oxygen atoms in total. The number of aryl methyl sites for hydroxylation is 2. The molecule has 0 saturated carbocycles. The Balaban J connectivity index is 1.83. The minimum Gasteiger partial charge on any atom is -0.485 e. The zero-order valence-electron chi connectivity index (χ0n) is 14.2. The SMILES string of the molecule is Cc1ccccc1OCC(=O)c1cc(C)n(-c2ccccc2)c1C. The van der Waals surface area contributed by atoms with E-state index >= 15 is 0 Å². The molecule has 0 aliphatic heterocycles. The van der Waals surface area contributed by atoms with Gasteiger partial charge in [-0.1, -0.05) is 36.4 Å². The van der Waals surface area contributed by atoms with Gasteiger partial charge in [0.05, 0.1) is 0 Å². The molecule has 0 bridgehead atoms. The van der Waals surface area contributed by atoms with E-state index in [1.807, 2.05) is 81.4 Å². The van der Waals surface area contributed by atoms with E-state index in [2.05, 4.69) is 4.57 Å². The summed E-state index contributed by atoms with van der Waals surface area (Å²) in [6, 6.07) is 19.7.